The van der Waals surface area contributed by atoms with E-state index in [0.717, 1.165) is 0 Å². The highest BCUT2D eigenvalue weighted by atomic mass is 16.5. The lowest BCUT2D eigenvalue weighted by Crippen LogP contribution is -2.47. The van der Waals surface area contributed by atoms with Gasteiger partial charge in [-0.15, -0.1) is 0 Å². The molecule has 1 saturated heterocycles. The number of carbonyl (C=O) groups excluding carboxylic acids is 3. The standard InChI is InChI=1S/C11H19N3O4/c1-2-18-9(15)7-13-11(17)14-5-3-8(4-6-14)10(12)16/h8H,2-7H2,1H3,(H2,12,16)(H,13,17). The van der Waals surface area contributed by atoms with Crippen LogP contribution in [0.1, 0.15) is 19.8 Å². The van der Waals surface area contributed by atoms with Crippen LogP contribution in [-0.4, -0.2) is 49.0 Å². The van der Waals surface area contributed by atoms with E-state index in [2.05, 4.69) is 5.32 Å². The molecule has 1 fully saturated rings. The molecule has 0 spiro atoms. The number of primary amides is 1. The molecule has 0 aliphatic carbocycles. The fourth-order valence-corrected chi connectivity index (χ4v) is 1.84. The average Bonchev–Trinajstić information content (AvgIpc) is 2.36. The molecule has 0 bridgehead atoms. The van der Waals surface area contributed by atoms with Crippen LogP contribution in [-0.2, 0) is 14.3 Å². The molecular formula is C11H19N3O4. The summed E-state index contributed by atoms with van der Waals surface area (Å²) in [6.07, 6.45) is 1.14. The van der Waals surface area contributed by atoms with Crippen LogP contribution in [0.2, 0.25) is 0 Å². The molecular weight excluding hydrogens is 238 g/mol. The molecule has 1 aliphatic heterocycles. The van der Waals surface area contributed by atoms with Gasteiger partial charge >= 0.3 is 12.0 Å². The molecule has 7 nitrogen and oxygen atoms in total. The molecule has 7 heteroatoms. The van der Waals surface area contributed by atoms with Crippen LogP contribution in [0.25, 0.3) is 0 Å². The predicted molar refractivity (Wildman–Crippen MR) is 63.5 cm³/mol. The molecule has 1 rings (SSSR count). The van der Waals surface area contributed by atoms with Crippen molar-refractivity contribution in [1.82, 2.24) is 10.2 Å². The monoisotopic (exact) mass is 257 g/mol. The predicted octanol–water partition coefficient (Wildman–Crippen LogP) is -0.544. The van der Waals surface area contributed by atoms with Crippen molar-refractivity contribution >= 4 is 17.9 Å². The van der Waals surface area contributed by atoms with E-state index in [-0.39, 0.29) is 24.4 Å². The van der Waals surface area contributed by atoms with Crippen molar-refractivity contribution in [3.63, 3.8) is 0 Å². The van der Waals surface area contributed by atoms with E-state index in [1.54, 1.807) is 11.8 Å². The summed E-state index contributed by atoms with van der Waals surface area (Å²) in [7, 11) is 0. The van der Waals surface area contributed by atoms with Gasteiger partial charge in [0.1, 0.15) is 6.54 Å². The maximum Gasteiger partial charge on any atom is 0.325 e. The summed E-state index contributed by atoms with van der Waals surface area (Å²) in [5, 5.41) is 2.48. The van der Waals surface area contributed by atoms with Gasteiger partial charge in [-0.05, 0) is 19.8 Å². The summed E-state index contributed by atoms with van der Waals surface area (Å²) < 4.78 is 4.69. The van der Waals surface area contributed by atoms with Gasteiger partial charge in [0.25, 0.3) is 0 Å². The Morgan fingerprint density at radius 2 is 1.94 bits per heavy atom. The summed E-state index contributed by atoms with van der Waals surface area (Å²) in [5.41, 5.74) is 5.20. The maximum atomic E-state index is 11.7. The molecule has 3 N–H and O–H groups in total. The zero-order valence-corrected chi connectivity index (χ0v) is 10.5. The van der Waals surface area contributed by atoms with Crippen molar-refractivity contribution in [3.05, 3.63) is 0 Å². The summed E-state index contributed by atoms with van der Waals surface area (Å²) in [6.45, 7) is 2.81. The molecule has 18 heavy (non-hydrogen) atoms. The van der Waals surface area contributed by atoms with Gasteiger partial charge in [-0.3, -0.25) is 9.59 Å². The highest BCUT2D eigenvalue weighted by Crippen LogP contribution is 2.16. The van der Waals surface area contributed by atoms with Gasteiger partial charge in [-0.1, -0.05) is 0 Å². The van der Waals surface area contributed by atoms with Crippen molar-refractivity contribution in [1.29, 1.82) is 0 Å². The number of hydrogen-bond donors (Lipinski definition) is 2. The van der Waals surface area contributed by atoms with Crippen LogP contribution < -0.4 is 11.1 Å². The van der Waals surface area contributed by atoms with Gasteiger partial charge in [0.05, 0.1) is 6.61 Å². The van der Waals surface area contributed by atoms with Crippen molar-refractivity contribution in [3.8, 4) is 0 Å². The van der Waals surface area contributed by atoms with Gasteiger partial charge in [-0.2, -0.15) is 0 Å². The zero-order chi connectivity index (χ0) is 13.5. The Morgan fingerprint density at radius 3 is 2.44 bits per heavy atom. The second kappa shape index (κ2) is 6.83. The Hall–Kier alpha value is -1.79. The molecule has 0 aromatic carbocycles. The van der Waals surface area contributed by atoms with Crippen LogP contribution in [0.5, 0.6) is 0 Å². The number of carbonyl (C=O) groups is 3. The Bertz CT molecular complexity index is 324. The number of urea groups is 1. The second-order valence-corrected chi connectivity index (χ2v) is 4.13. The van der Waals surface area contributed by atoms with E-state index in [1.807, 2.05) is 0 Å². The smallest absolute Gasteiger partial charge is 0.325 e. The first-order valence-corrected chi connectivity index (χ1v) is 6.02. The van der Waals surface area contributed by atoms with Crippen LogP contribution in [0.3, 0.4) is 0 Å². The molecule has 0 atom stereocenters. The van der Waals surface area contributed by atoms with Crippen molar-refractivity contribution in [2.45, 2.75) is 19.8 Å². The molecule has 0 aromatic heterocycles. The molecule has 0 aromatic rings. The number of piperidine rings is 1. The van der Waals surface area contributed by atoms with Gasteiger partial charge in [0.2, 0.25) is 5.91 Å². The zero-order valence-electron chi connectivity index (χ0n) is 10.5. The maximum absolute atomic E-state index is 11.7. The number of nitrogens with one attached hydrogen (secondary N) is 1. The highest BCUT2D eigenvalue weighted by molar-refractivity contribution is 5.81. The highest BCUT2D eigenvalue weighted by Gasteiger charge is 2.25. The van der Waals surface area contributed by atoms with Crippen LogP contribution in [0, 0.1) is 5.92 Å². The van der Waals surface area contributed by atoms with E-state index in [1.165, 1.54) is 0 Å². The van der Waals surface area contributed by atoms with E-state index in [4.69, 9.17) is 10.5 Å². The fraction of sp³-hybridized carbons (Fsp3) is 0.727. The normalized spacial score (nSPS) is 16.2. The topological polar surface area (TPSA) is 102 Å². The minimum atomic E-state index is -0.460. The third-order valence-corrected chi connectivity index (χ3v) is 2.87. The Morgan fingerprint density at radius 1 is 1.33 bits per heavy atom. The van der Waals surface area contributed by atoms with Gasteiger partial charge < -0.3 is 20.7 Å². The minimum Gasteiger partial charge on any atom is -0.465 e. The van der Waals surface area contributed by atoms with E-state index in [0.29, 0.717) is 32.5 Å². The lowest BCUT2D eigenvalue weighted by molar-refractivity contribution is -0.141. The number of likely N-dealkylation sites (tertiary alicyclic amines) is 1. The summed E-state index contributed by atoms with van der Waals surface area (Å²) in [5.74, 6) is -0.932. The SMILES string of the molecule is CCOC(=O)CNC(=O)N1CCC(C(N)=O)CC1. The number of nitrogens with zero attached hydrogens (tertiary/aromatic N) is 1. The van der Waals surface area contributed by atoms with Crippen molar-refractivity contribution in [2.24, 2.45) is 11.7 Å². The quantitative estimate of drug-likeness (QED) is 0.660. The fourth-order valence-electron chi connectivity index (χ4n) is 1.84. The number of amides is 3. The largest absolute Gasteiger partial charge is 0.465 e. The molecule has 3 amide bonds. The second-order valence-electron chi connectivity index (χ2n) is 4.13. The number of ether oxygens (including phenoxy) is 1. The van der Waals surface area contributed by atoms with Crippen LogP contribution >= 0.6 is 0 Å². The van der Waals surface area contributed by atoms with Crippen molar-refractivity contribution < 1.29 is 19.1 Å². The number of esters is 1. The molecule has 0 unspecified atom stereocenters. The van der Waals surface area contributed by atoms with Gasteiger partial charge in [-0.25, -0.2) is 4.79 Å². The first-order valence-electron chi connectivity index (χ1n) is 6.02. The van der Waals surface area contributed by atoms with E-state index in [9.17, 15) is 14.4 Å². The molecule has 0 radical (unpaired) electrons. The third-order valence-electron chi connectivity index (χ3n) is 2.87. The van der Waals surface area contributed by atoms with Gasteiger partial charge in [0.15, 0.2) is 0 Å². The van der Waals surface area contributed by atoms with Crippen LogP contribution in [0.15, 0.2) is 0 Å². The number of hydrogen-bond acceptors (Lipinski definition) is 4. The lowest BCUT2D eigenvalue weighted by Gasteiger charge is -2.30. The molecule has 102 valence electrons. The third kappa shape index (κ3) is 4.23. The molecule has 0 saturated carbocycles. The lowest BCUT2D eigenvalue weighted by atomic mass is 9.96. The van der Waals surface area contributed by atoms with E-state index >= 15 is 0 Å². The first kappa shape index (κ1) is 14.3. The average molecular weight is 257 g/mol. The number of rotatable bonds is 4. The van der Waals surface area contributed by atoms with Gasteiger partial charge in [0, 0.05) is 19.0 Å². The summed E-state index contributed by atoms with van der Waals surface area (Å²) >= 11 is 0. The summed E-state index contributed by atoms with van der Waals surface area (Å²) in [4.78, 5) is 35.3. The van der Waals surface area contributed by atoms with E-state index < -0.39 is 5.97 Å². The Kier molecular flexibility index (Phi) is 5.41. The Balaban J connectivity index is 2.28. The van der Waals surface area contributed by atoms with Crippen LogP contribution in [0.4, 0.5) is 4.79 Å². The van der Waals surface area contributed by atoms with Crippen molar-refractivity contribution in [2.75, 3.05) is 26.2 Å². The molecule has 1 heterocycles. The Labute approximate surface area is 106 Å². The molecule has 1 aliphatic rings. The minimum absolute atomic E-state index is 0.136. The summed E-state index contributed by atoms with van der Waals surface area (Å²) in [6, 6.07) is -0.314. The first-order chi connectivity index (χ1) is 8.54. The number of nitrogens with two attached hydrogens (primary N) is 1.